The molecule has 1 aliphatic heterocycles. The molecule has 0 bridgehead atoms. The van der Waals surface area contributed by atoms with Gasteiger partial charge in [-0.1, -0.05) is 13.3 Å². The molecule has 0 N–H and O–H groups in total. The van der Waals surface area contributed by atoms with Gasteiger partial charge in [0.25, 0.3) is 0 Å². The quantitative estimate of drug-likeness (QED) is 0.644. The Morgan fingerprint density at radius 1 is 1.43 bits per heavy atom. The van der Waals surface area contributed by atoms with Crippen molar-refractivity contribution in [1.29, 1.82) is 0 Å². The molecule has 0 aromatic rings. The normalized spacial score (nSPS) is 17.8. The number of hydrogen-bond donors (Lipinski definition) is 0. The Hall–Kier alpha value is -1.06. The van der Waals surface area contributed by atoms with Crippen molar-refractivity contribution in [2.24, 2.45) is 0 Å². The van der Waals surface area contributed by atoms with E-state index < -0.39 is 0 Å². The summed E-state index contributed by atoms with van der Waals surface area (Å²) < 4.78 is 4.92. The monoisotopic (exact) mass is 199 g/mol. The molecule has 1 heterocycles. The number of esters is 1. The van der Waals surface area contributed by atoms with Gasteiger partial charge in [-0.05, 0) is 12.8 Å². The third-order valence-corrected chi connectivity index (χ3v) is 2.34. The Labute approximate surface area is 84.2 Å². The highest BCUT2D eigenvalue weighted by atomic mass is 16.5. The zero-order chi connectivity index (χ0) is 10.4. The van der Waals surface area contributed by atoms with Crippen LogP contribution in [0, 0.1) is 0 Å². The molecule has 4 nitrogen and oxygen atoms in total. The van der Waals surface area contributed by atoms with E-state index in [-0.39, 0.29) is 18.6 Å². The zero-order valence-electron chi connectivity index (χ0n) is 8.62. The first kappa shape index (κ1) is 11.0. The van der Waals surface area contributed by atoms with Crippen molar-refractivity contribution in [3.05, 3.63) is 0 Å². The smallest absolute Gasteiger partial charge is 0.307 e. The predicted octanol–water partition coefficient (Wildman–Crippen LogP) is 1.30. The SMILES string of the molecule is CCC(=O)OCN1CCCCCC1=O. The van der Waals surface area contributed by atoms with Gasteiger partial charge in [0.05, 0.1) is 0 Å². The van der Waals surface area contributed by atoms with E-state index in [1.807, 2.05) is 0 Å². The van der Waals surface area contributed by atoms with Crippen LogP contribution >= 0.6 is 0 Å². The van der Waals surface area contributed by atoms with Gasteiger partial charge in [0, 0.05) is 19.4 Å². The van der Waals surface area contributed by atoms with E-state index in [9.17, 15) is 9.59 Å². The molecule has 0 atom stereocenters. The largest absolute Gasteiger partial charge is 0.444 e. The van der Waals surface area contributed by atoms with Crippen LogP contribution in [0.5, 0.6) is 0 Å². The first-order valence-electron chi connectivity index (χ1n) is 5.17. The van der Waals surface area contributed by atoms with E-state index in [0.717, 1.165) is 25.8 Å². The molecule has 0 aromatic heterocycles. The van der Waals surface area contributed by atoms with Crippen molar-refractivity contribution in [3.63, 3.8) is 0 Å². The van der Waals surface area contributed by atoms with E-state index in [0.29, 0.717) is 12.8 Å². The Morgan fingerprint density at radius 2 is 2.21 bits per heavy atom. The average Bonchev–Trinajstić information content (AvgIpc) is 2.39. The lowest BCUT2D eigenvalue weighted by Gasteiger charge is -2.19. The average molecular weight is 199 g/mol. The minimum Gasteiger partial charge on any atom is -0.444 e. The van der Waals surface area contributed by atoms with Crippen LogP contribution in [0.25, 0.3) is 0 Å². The molecule has 1 fully saturated rings. The summed E-state index contributed by atoms with van der Waals surface area (Å²) in [6, 6.07) is 0. The number of amides is 1. The first-order chi connectivity index (χ1) is 6.74. The van der Waals surface area contributed by atoms with Crippen molar-refractivity contribution in [2.75, 3.05) is 13.3 Å². The fourth-order valence-electron chi connectivity index (χ4n) is 1.43. The van der Waals surface area contributed by atoms with E-state index in [1.165, 1.54) is 0 Å². The first-order valence-corrected chi connectivity index (χ1v) is 5.17. The summed E-state index contributed by atoms with van der Waals surface area (Å²) in [5.41, 5.74) is 0. The molecular formula is C10H17NO3. The highest BCUT2D eigenvalue weighted by Gasteiger charge is 2.17. The maximum atomic E-state index is 11.4. The summed E-state index contributed by atoms with van der Waals surface area (Å²) in [6.07, 6.45) is 4.00. The van der Waals surface area contributed by atoms with Crippen LogP contribution in [0.3, 0.4) is 0 Å². The van der Waals surface area contributed by atoms with Gasteiger partial charge in [0.1, 0.15) is 0 Å². The lowest BCUT2D eigenvalue weighted by Crippen LogP contribution is -2.33. The molecule has 1 aliphatic rings. The number of ether oxygens (including phenoxy) is 1. The molecule has 0 aliphatic carbocycles. The van der Waals surface area contributed by atoms with Crippen molar-refractivity contribution >= 4 is 11.9 Å². The molecule has 0 aromatic carbocycles. The van der Waals surface area contributed by atoms with Crippen LogP contribution in [0.4, 0.5) is 0 Å². The van der Waals surface area contributed by atoms with Crippen molar-refractivity contribution in [2.45, 2.75) is 39.0 Å². The van der Waals surface area contributed by atoms with E-state index in [1.54, 1.807) is 11.8 Å². The summed E-state index contributed by atoms with van der Waals surface area (Å²) in [4.78, 5) is 24.0. The lowest BCUT2D eigenvalue weighted by molar-refractivity contribution is -0.152. The highest BCUT2D eigenvalue weighted by Crippen LogP contribution is 2.10. The second-order valence-electron chi connectivity index (χ2n) is 3.47. The highest BCUT2D eigenvalue weighted by molar-refractivity contribution is 5.76. The Kier molecular flexibility index (Phi) is 4.43. The van der Waals surface area contributed by atoms with Gasteiger partial charge in [-0.3, -0.25) is 9.59 Å². The van der Waals surface area contributed by atoms with E-state index >= 15 is 0 Å². The van der Waals surface area contributed by atoms with Crippen LogP contribution in [0.15, 0.2) is 0 Å². The third kappa shape index (κ3) is 3.36. The molecule has 0 saturated carbocycles. The van der Waals surface area contributed by atoms with Crippen molar-refractivity contribution in [3.8, 4) is 0 Å². The van der Waals surface area contributed by atoms with Crippen LogP contribution in [0.2, 0.25) is 0 Å². The molecular weight excluding hydrogens is 182 g/mol. The van der Waals surface area contributed by atoms with Gasteiger partial charge < -0.3 is 9.64 Å². The fourth-order valence-corrected chi connectivity index (χ4v) is 1.43. The van der Waals surface area contributed by atoms with Gasteiger partial charge in [-0.25, -0.2) is 0 Å². The number of nitrogens with zero attached hydrogens (tertiary/aromatic N) is 1. The predicted molar refractivity (Wildman–Crippen MR) is 51.4 cm³/mol. The molecule has 80 valence electrons. The van der Waals surface area contributed by atoms with Crippen LogP contribution < -0.4 is 0 Å². The van der Waals surface area contributed by atoms with Crippen molar-refractivity contribution < 1.29 is 14.3 Å². The molecule has 14 heavy (non-hydrogen) atoms. The molecule has 0 unspecified atom stereocenters. The van der Waals surface area contributed by atoms with Gasteiger partial charge in [-0.15, -0.1) is 0 Å². The fraction of sp³-hybridized carbons (Fsp3) is 0.800. The van der Waals surface area contributed by atoms with E-state index in [4.69, 9.17) is 4.74 Å². The Bertz CT molecular complexity index is 215. The molecule has 1 saturated heterocycles. The molecule has 4 heteroatoms. The second-order valence-corrected chi connectivity index (χ2v) is 3.47. The van der Waals surface area contributed by atoms with Crippen LogP contribution in [0.1, 0.15) is 39.0 Å². The number of hydrogen-bond acceptors (Lipinski definition) is 3. The summed E-state index contributed by atoms with van der Waals surface area (Å²) in [5.74, 6) is -0.145. The summed E-state index contributed by atoms with van der Waals surface area (Å²) in [7, 11) is 0. The standard InChI is InChI=1S/C10H17NO3/c1-2-10(13)14-8-11-7-5-3-4-6-9(11)12/h2-8H2,1H3. The zero-order valence-corrected chi connectivity index (χ0v) is 8.62. The summed E-state index contributed by atoms with van der Waals surface area (Å²) in [5, 5.41) is 0. The lowest BCUT2D eigenvalue weighted by atomic mass is 10.2. The minimum atomic E-state index is -0.248. The molecule has 0 spiro atoms. The van der Waals surface area contributed by atoms with Crippen LogP contribution in [-0.4, -0.2) is 30.1 Å². The molecule has 0 radical (unpaired) electrons. The number of rotatable bonds is 3. The molecule has 1 rings (SSSR count). The maximum absolute atomic E-state index is 11.4. The van der Waals surface area contributed by atoms with Gasteiger partial charge in [0.2, 0.25) is 5.91 Å². The molecule has 1 amide bonds. The summed E-state index contributed by atoms with van der Waals surface area (Å²) >= 11 is 0. The van der Waals surface area contributed by atoms with Gasteiger partial charge in [0.15, 0.2) is 6.73 Å². The Balaban J connectivity index is 2.33. The van der Waals surface area contributed by atoms with Gasteiger partial charge in [-0.2, -0.15) is 0 Å². The van der Waals surface area contributed by atoms with Crippen molar-refractivity contribution in [1.82, 2.24) is 4.90 Å². The summed E-state index contributed by atoms with van der Waals surface area (Å²) in [6.45, 7) is 2.59. The van der Waals surface area contributed by atoms with E-state index in [2.05, 4.69) is 0 Å². The van der Waals surface area contributed by atoms with Crippen LogP contribution in [-0.2, 0) is 14.3 Å². The van der Waals surface area contributed by atoms with Gasteiger partial charge >= 0.3 is 5.97 Å². The number of likely N-dealkylation sites (tertiary alicyclic amines) is 1. The third-order valence-electron chi connectivity index (χ3n) is 2.34. The number of carbonyl (C=O) groups excluding carboxylic acids is 2. The second kappa shape index (κ2) is 5.62. The minimum absolute atomic E-state index is 0.103. The maximum Gasteiger partial charge on any atom is 0.307 e. The Morgan fingerprint density at radius 3 is 2.93 bits per heavy atom. The number of carbonyl (C=O) groups is 2. The topological polar surface area (TPSA) is 46.6 Å².